The molecule has 2 aromatic rings. The molecular weight excluding hydrogens is 319 g/mol. The molecule has 1 fully saturated rings. The summed E-state index contributed by atoms with van der Waals surface area (Å²) in [5, 5.41) is 4.29. The number of aryl methyl sites for hydroxylation is 1. The zero-order chi connectivity index (χ0) is 16.7. The van der Waals surface area contributed by atoms with E-state index in [4.69, 9.17) is 17.3 Å². The Hall–Kier alpha value is -1.66. The van der Waals surface area contributed by atoms with Crippen LogP contribution in [0.3, 0.4) is 0 Å². The lowest BCUT2D eigenvalue weighted by atomic mass is 9.89. The molecule has 1 saturated heterocycles. The highest BCUT2D eigenvalue weighted by Crippen LogP contribution is 2.35. The van der Waals surface area contributed by atoms with Crippen LogP contribution in [0.1, 0.15) is 35.4 Å². The van der Waals surface area contributed by atoms with Gasteiger partial charge in [-0.2, -0.15) is 0 Å². The van der Waals surface area contributed by atoms with Crippen LogP contribution in [0, 0.1) is 12.8 Å². The molecule has 3 heterocycles. The molecule has 3 N–H and O–H groups in total. The third-order valence-electron chi connectivity index (χ3n) is 4.69. The average molecular weight is 339 g/mol. The SMILES string of the molecule is Cc1cn([C@@H](C)[C@@H]2CCNC[C@@H]2F)c2nc(C(N)=O)cc(Cl)c12. The molecule has 0 saturated carbocycles. The molecule has 0 radical (unpaired) electrons. The molecule has 1 aliphatic rings. The number of primary amides is 1. The summed E-state index contributed by atoms with van der Waals surface area (Å²) in [5.74, 6) is -0.735. The van der Waals surface area contributed by atoms with Crippen molar-refractivity contribution in [3.8, 4) is 0 Å². The molecule has 124 valence electrons. The third-order valence-corrected chi connectivity index (χ3v) is 4.99. The van der Waals surface area contributed by atoms with Crippen LogP contribution in [0.15, 0.2) is 12.3 Å². The number of aromatic nitrogens is 2. The van der Waals surface area contributed by atoms with Crippen LogP contribution in [0.2, 0.25) is 5.02 Å². The van der Waals surface area contributed by atoms with Gasteiger partial charge in [0.25, 0.3) is 5.91 Å². The van der Waals surface area contributed by atoms with Gasteiger partial charge in [-0.15, -0.1) is 0 Å². The van der Waals surface area contributed by atoms with Crippen molar-refractivity contribution in [3.63, 3.8) is 0 Å². The van der Waals surface area contributed by atoms with Gasteiger partial charge in [-0.05, 0) is 38.4 Å². The molecule has 2 aromatic heterocycles. The van der Waals surface area contributed by atoms with Gasteiger partial charge >= 0.3 is 0 Å². The van der Waals surface area contributed by atoms with Crippen LogP contribution < -0.4 is 11.1 Å². The zero-order valence-electron chi connectivity index (χ0n) is 13.1. The fraction of sp³-hybridized carbons (Fsp3) is 0.500. The Balaban J connectivity index is 2.11. The molecule has 5 nitrogen and oxygen atoms in total. The second kappa shape index (κ2) is 6.09. The van der Waals surface area contributed by atoms with Gasteiger partial charge in [0.05, 0.1) is 5.02 Å². The first kappa shape index (κ1) is 16.2. The maximum atomic E-state index is 14.3. The number of hydrogen-bond acceptors (Lipinski definition) is 3. The first-order valence-corrected chi connectivity index (χ1v) is 8.10. The Morgan fingerprint density at radius 1 is 1.61 bits per heavy atom. The van der Waals surface area contributed by atoms with Crippen LogP contribution in [-0.4, -0.2) is 34.7 Å². The van der Waals surface area contributed by atoms with E-state index in [-0.39, 0.29) is 17.7 Å². The summed E-state index contributed by atoms with van der Waals surface area (Å²) in [7, 11) is 0. The monoisotopic (exact) mass is 338 g/mol. The lowest BCUT2D eigenvalue weighted by Gasteiger charge is -2.32. The minimum atomic E-state index is -0.911. The van der Waals surface area contributed by atoms with Gasteiger partial charge in [-0.3, -0.25) is 4.79 Å². The Morgan fingerprint density at radius 2 is 2.35 bits per heavy atom. The maximum Gasteiger partial charge on any atom is 0.267 e. The Labute approximate surface area is 139 Å². The summed E-state index contributed by atoms with van der Waals surface area (Å²) in [6, 6.07) is 1.39. The van der Waals surface area contributed by atoms with Crippen molar-refractivity contribution in [1.29, 1.82) is 0 Å². The van der Waals surface area contributed by atoms with Crippen molar-refractivity contribution in [2.45, 2.75) is 32.5 Å². The number of hydrogen-bond donors (Lipinski definition) is 2. The predicted molar refractivity (Wildman–Crippen MR) is 88.6 cm³/mol. The minimum absolute atomic E-state index is 0.0880. The summed E-state index contributed by atoms with van der Waals surface area (Å²) in [6.07, 6.45) is 1.77. The van der Waals surface area contributed by atoms with Crippen LogP contribution in [0.5, 0.6) is 0 Å². The van der Waals surface area contributed by atoms with E-state index >= 15 is 0 Å². The Bertz CT molecular complexity index is 760. The van der Waals surface area contributed by atoms with E-state index in [0.29, 0.717) is 17.2 Å². The number of nitrogens with two attached hydrogens (primary N) is 1. The van der Waals surface area contributed by atoms with Crippen molar-refractivity contribution in [3.05, 3.63) is 28.5 Å². The van der Waals surface area contributed by atoms with E-state index in [2.05, 4.69) is 10.3 Å². The van der Waals surface area contributed by atoms with E-state index in [9.17, 15) is 9.18 Å². The first-order valence-electron chi connectivity index (χ1n) is 7.72. The number of nitrogens with one attached hydrogen (secondary N) is 1. The quantitative estimate of drug-likeness (QED) is 0.903. The van der Waals surface area contributed by atoms with Crippen molar-refractivity contribution < 1.29 is 9.18 Å². The fourth-order valence-electron chi connectivity index (χ4n) is 3.41. The highest BCUT2D eigenvalue weighted by atomic mass is 35.5. The van der Waals surface area contributed by atoms with Gasteiger partial charge < -0.3 is 15.6 Å². The van der Waals surface area contributed by atoms with E-state index in [1.165, 1.54) is 6.07 Å². The summed E-state index contributed by atoms with van der Waals surface area (Å²) in [6.45, 7) is 5.08. The molecule has 3 rings (SSSR count). The molecule has 0 aromatic carbocycles. The molecule has 23 heavy (non-hydrogen) atoms. The fourth-order valence-corrected chi connectivity index (χ4v) is 3.75. The zero-order valence-corrected chi connectivity index (χ0v) is 13.9. The second-order valence-corrected chi connectivity index (χ2v) is 6.59. The van der Waals surface area contributed by atoms with Crippen molar-refractivity contribution in [1.82, 2.24) is 14.9 Å². The van der Waals surface area contributed by atoms with Gasteiger partial charge in [-0.25, -0.2) is 9.37 Å². The molecule has 0 unspecified atom stereocenters. The highest BCUT2D eigenvalue weighted by molar-refractivity contribution is 6.35. The summed E-state index contributed by atoms with van der Waals surface area (Å²) in [4.78, 5) is 15.8. The number of carbonyl (C=O) groups excluding carboxylic acids is 1. The van der Waals surface area contributed by atoms with Crippen LogP contribution in [0.4, 0.5) is 4.39 Å². The van der Waals surface area contributed by atoms with Gasteiger partial charge in [0.15, 0.2) is 0 Å². The van der Waals surface area contributed by atoms with Crippen molar-refractivity contribution in [2.75, 3.05) is 13.1 Å². The maximum absolute atomic E-state index is 14.3. The number of fused-ring (bicyclic) bond motifs is 1. The number of rotatable bonds is 3. The predicted octanol–water partition coefficient (Wildman–Crippen LogP) is 2.61. The second-order valence-electron chi connectivity index (χ2n) is 6.18. The number of pyridine rings is 1. The lowest BCUT2D eigenvalue weighted by molar-refractivity contribution is 0.0995. The van der Waals surface area contributed by atoms with Gasteiger partial charge in [0.1, 0.15) is 17.5 Å². The Kier molecular flexibility index (Phi) is 4.29. The highest BCUT2D eigenvalue weighted by Gasteiger charge is 2.31. The summed E-state index contributed by atoms with van der Waals surface area (Å²) < 4.78 is 16.2. The third kappa shape index (κ3) is 2.81. The summed E-state index contributed by atoms with van der Waals surface area (Å²) in [5.41, 5.74) is 6.99. The lowest BCUT2D eigenvalue weighted by Crippen LogP contribution is -2.41. The molecule has 1 aliphatic heterocycles. The number of halogens is 2. The van der Waals surface area contributed by atoms with Crippen LogP contribution in [-0.2, 0) is 0 Å². The molecule has 0 bridgehead atoms. The summed E-state index contributed by atoms with van der Waals surface area (Å²) >= 11 is 6.30. The average Bonchev–Trinajstić information content (AvgIpc) is 2.84. The molecule has 3 atom stereocenters. The number of amides is 1. The number of alkyl halides is 1. The van der Waals surface area contributed by atoms with Gasteiger partial charge in [0.2, 0.25) is 0 Å². The Morgan fingerprint density at radius 3 is 3.00 bits per heavy atom. The molecule has 0 aliphatic carbocycles. The smallest absolute Gasteiger partial charge is 0.267 e. The van der Waals surface area contributed by atoms with E-state index in [1.807, 2.05) is 24.6 Å². The van der Waals surface area contributed by atoms with Gasteiger partial charge in [0, 0.05) is 30.1 Å². The van der Waals surface area contributed by atoms with Gasteiger partial charge in [-0.1, -0.05) is 11.6 Å². The molecule has 1 amide bonds. The van der Waals surface area contributed by atoms with Crippen molar-refractivity contribution in [2.24, 2.45) is 11.7 Å². The number of piperidine rings is 1. The topological polar surface area (TPSA) is 72.9 Å². The number of nitrogens with zero attached hydrogens (tertiary/aromatic N) is 2. The first-order chi connectivity index (χ1) is 10.9. The number of carbonyl (C=O) groups is 1. The minimum Gasteiger partial charge on any atom is -0.364 e. The van der Waals surface area contributed by atoms with Crippen LogP contribution >= 0.6 is 11.6 Å². The van der Waals surface area contributed by atoms with E-state index < -0.39 is 12.1 Å². The van der Waals surface area contributed by atoms with E-state index in [1.54, 1.807) is 0 Å². The standard InChI is InChI=1S/C16H20ClFN4O/c1-8-7-22(9(2)10-3-4-20-6-12(10)18)16-14(8)11(17)5-13(21-16)15(19)23/h5,7,9-10,12,20H,3-4,6H2,1-2H3,(H2,19,23)/t9-,10-,12-/m0/s1. The molecule has 7 heteroatoms. The largest absolute Gasteiger partial charge is 0.364 e. The van der Waals surface area contributed by atoms with Crippen molar-refractivity contribution >= 4 is 28.5 Å². The van der Waals surface area contributed by atoms with E-state index in [0.717, 1.165) is 23.9 Å². The van der Waals surface area contributed by atoms with Crippen LogP contribution in [0.25, 0.3) is 11.0 Å². The normalized spacial score (nSPS) is 23.1. The molecular formula is C16H20ClFN4O. The molecule has 0 spiro atoms.